The van der Waals surface area contributed by atoms with Crippen molar-refractivity contribution < 1.29 is 8.78 Å². The van der Waals surface area contributed by atoms with Gasteiger partial charge in [-0.1, -0.05) is 0 Å². The Labute approximate surface area is 124 Å². The number of halogens is 4. The zero-order valence-corrected chi connectivity index (χ0v) is 14.2. The van der Waals surface area contributed by atoms with Gasteiger partial charge in [-0.15, -0.1) is 0 Å². The molecule has 0 radical (unpaired) electrons. The van der Waals surface area contributed by atoms with Crippen molar-refractivity contribution in [1.29, 1.82) is 0 Å². The van der Waals surface area contributed by atoms with Gasteiger partial charge in [0, 0.05) is 0 Å². The zero-order chi connectivity index (χ0) is 14.4. The van der Waals surface area contributed by atoms with Crippen molar-refractivity contribution >= 4 is 33.7 Å². The molecule has 108 valence electrons. The molecule has 1 aromatic rings. The van der Waals surface area contributed by atoms with Crippen molar-refractivity contribution in [1.82, 2.24) is 4.90 Å². The number of nitrogens with zero attached hydrogens (tertiary/aromatic N) is 2. The first-order chi connectivity index (χ1) is 9.01. The summed E-state index contributed by atoms with van der Waals surface area (Å²) >= 11 is -2.02. The Bertz CT molecular complexity index is 432. The molecule has 0 unspecified atom stereocenters. The van der Waals surface area contributed by atoms with Crippen molar-refractivity contribution in [2.24, 2.45) is 3.21 Å². The molecule has 0 spiro atoms. The summed E-state index contributed by atoms with van der Waals surface area (Å²) in [6.07, 6.45) is 0.878. The summed E-state index contributed by atoms with van der Waals surface area (Å²) in [6.45, 7) is 5.29. The summed E-state index contributed by atoms with van der Waals surface area (Å²) in [5.74, 6) is -0.840. The van der Waals surface area contributed by atoms with Gasteiger partial charge in [0.2, 0.25) is 0 Å². The third-order valence-corrected chi connectivity index (χ3v) is 4.11. The van der Waals surface area contributed by atoms with Gasteiger partial charge >= 0.3 is 124 Å². The molecule has 0 aliphatic heterocycles. The fourth-order valence-electron chi connectivity index (χ4n) is 1.76. The van der Waals surface area contributed by atoms with Crippen LogP contribution in [0.1, 0.15) is 25.8 Å². The van der Waals surface area contributed by atoms with E-state index in [1.165, 1.54) is 18.2 Å². The number of benzene rings is 1. The molecule has 1 aromatic carbocycles. The van der Waals surface area contributed by atoms with Crippen molar-refractivity contribution in [3.8, 4) is 0 Å². The maximum atomic E-state index is 13.9. The third-order valence-electron chi connectivity index (χ3n) is 2.56. The van der Waals surface area contributed by atoms with Crippen LogP contribution in [0.5, 0.6) is 0 Å². The van der Waals surface area contributed by atoms with E-state index in [9.17, 15) is 8.78 Å². The van der Waals surface area contributed by atoms with Crippen LogP contribution in [-0.4, -0.2) is 28.8 Å². The summed E-state index contributed by atoms with van der Waals surface area (Å²) in [7, 11) is 6.03. The first kappa shape index (κ1) is 16.6. The molecule has 0 aliphatic carbocycles. The van der Waals surface area contributed by atoms with E-state index in [1.807, 2.05) is 23.7 Å². The summed E-state index contributed by atoms with van der Waals surface area (Å²) in [4.78, 5) is 3.70. The fraction of sp³-hybridized carbons (Fsp3) is 0.462. The molecule has 2 nitrogen and oxygen atoms in total. The van der Waals surface area contributed by atoms with Gasteiger partial charge in [0.1, 0.15) is 0 Å². The van der Waals surface area contributed by atoms with Crippen molar-refractivity contribution in [2.75, 3.05) is 18.0 Å². The summed E-state index contributed by atoms with van der Waals surface area (Å²) in [5, 5.41) is 0. The zero-order valence-electron chi connectivity index (χ0n) is 11.3. The van der Waals surface area contributed by atoms with Crippen LogP contribution in [0.2, 0.25) is 0 Å². The van der Waals surface area contributed by atoms with E-state index >= 15 is 0 Å². The second-order valence-corrected chi connectivity index (χ2v) is 9.36. The van der Waals surface area contributed by atoms with E-state index in [1.54, 1.807) is 0 Å². The molecule has 0 aromatic heterocycles. The predicted molar refractivity (Wildman–Crippen MR) is 86.2 cm³/mol. The standard InChI is InChI=1S/C13H18ClF2IN2/c1-4-9-19(5-2)13(18-17(3)14)12-10(15)7-6-8-11(12)16/h6-8H,4-5,9H2,1-3H3. The minimum absolute atomic E-state index is 0.0670. The van der Waals surface area contributed by atoms with Gasteiger partial charge in [-0.2, -0.15) is 0 Å². The van der Waals surface area contributed by atoms with Crippen LogP contribution in [0, 0.1) is 11.6 Å². The second kappa shape index (κ2) is 7.99. The van der Waals surface area contributed by atoms with Crippen LogP contribution in [0.15, 0.2) is 21.4 Å². The number of amidine groups is 1. The molecular weight excluding hydrogens is 385 g/mol. The van der Waals surface area contributed by atoms with Crippen LogP contribution >= 0.6 is 27.9 Å². The quantitative estimate of drug-likeness (QED) is 0.303. The van der Waals surface area contributed by atoms with Crippen LogP contribution < -0.4 is 0 Å². The molecule has 0 bridgehead atoms. The van der Waals surface area contributed by atoms with Crippen LogP contribution in [0.3, 0.4) is 0 Å². The van der Waals surface area contributed by atoms with Crippen LogP contribution in [0.4, 0.5) is 8.78 Å². The number of alkyl halides is 1. The van der Waals surface area contributed by atoms with E-state index in [2.05, 4.69) is 3.21 Å². The Kier molecular flexibility index (Phi) is 6.99. The van der Waals surface area contributed by atoms with Gasteiger partial charge in [-0.25, -0.2) is 0 Å². The molecule has 1 rings (SSSR count). The molecule has 19 heavy (non-hydrogen) atoms. The molecule has 0 atom stereocenters. The Morgan fingerprint density at radius 3 is 2.32 bits per heavy atom. The number of rotatable bonds is 5. The molecule has 0 fully saturated rings. The third kappa shape index (κ3) is 4.56. The average molecular weight is 403 g/mol. The molecule has 0 aliphatic rings. The first-order valence-corrected chi connectivity index (χ1v) is 11.9. The van der Waals surface area contributed by atoms with Crippen LogP contribution in [-0.2, 0) is 0 Å². The van der Waals surface area contributed by atoms with Crippen molar-refractivity contribution in [3.63, 3.8) is 0 Å². The fourth-order valence-corrected chi connectivity index (χ4v) is 3.34. The average Bonchev–Trinajstić information content (AvgIpc) is 2.34. The molecule has 0 saturated heterocycles. The van der Waals surface area contributed by atoms with E-state index in [-0.39, 0.29) is 5.56 Å². The predicted octanol–water partition coefficient (Wildman–Crippen LogP) is 4.65. The van der Waals surface area contributed by atoms with E-state index < -0.39 is 30.6 Å². The SMILES string of the molecule is CCCN(CC)C(=NI(C)Cl)c1c(F)cccc1F. The Hall–Kier alpha value is -0.430. The van der Waals surface area contributed by atoms with Gasteiger partial charge in [0.25, 0.3) is 0 Å². The molecule has 0 N–H and O–H groups in total. The van der Waals surface area contributed by atoms with Gasteiger partial charge in [-0.05, 0) is 0 Å². The topological polar surface area (TPSA) is 15.6 Å². The maximum absolute atomic E-state index is 13.9. The minimum atomic E-state index is -2.02. The summed E-state index contributed by atoms with van der Waals surface area (Å²) in [6, 6.07) is 3.84. The summed E-state index contributed by atoms with van der Waals surface area (Å²) in [5.41, 5.74) is -0.0670. The van der Waals surface area contributed by atoms with Gasteiger partial charge < -0.3 is 0 Å². The van der Waals surface area contributed by atoms with E-state index in [0.717, 1.165) is 6.42 Å². The molecule has 6 heteroatoms. The van der Waals surface area contributed by atoms with Gasteiger partial charge in [-0.3, -0.25) is 0 Å². The normalized spacial score (nSPS) is 12.5. The first-order valence-electron chi connectivity index (χ1n) is 6.06. The number of hydrogen-bond donors (Lipinski definition) is 0. The second-order valence-electron chi connectivity index (χ2n) is 3.96. The van der Waals surface area contributed by atoms with E-state index in [4.69, 9.17) is 8.91 Å². The number of hydrogen-bond acceptors (Lipinski definition) is 1. The monoisotopic (exact) mass is 402 g/mol. The summed E-state index contributed by atoms with van der Waals surface area (Å²) < 4.78 is 32.2. The van der Waals surface area contributed by atoms with E-state index in [0.29, 0.717) is 18.9 Å². The van der Waals surface area contributed by atoms with Crippen LogP contribution in [0.25, 0.3) is 0 Å². The molecule has 0 saturated carbocycles. The molecule has 0 amide bonds. The Morgan fingerprint density at radius 2 is 1.89 bits per heavy atom. The Morgan fingerprint density at radius 1 is 1.32 bits per heavy atom. The van der Waals surface area contributed by atoms with Crippen molar-refractivity contribution in [3.05, 3.63) is 35.4 Å². The Balaban J connectivity index is 3.32. The molecule has 0 heterocycles. The van der Waals surface area contributed by atoms with Crippen molar-refractivity contribution in [2.45, 2.75) is 20.3 Å². The van der Waals surface area contributed by atoms with Gasteiger partial charge in [0.15, 0.2) is 0 Å². The van der Waals surface area contributed by atoms with Gasteiger partial charge in [0.05, 0.1) is 0 Å². The molecular formula is C13H18ClF2IN2.